The van der Waals surface area contributed by atoms with Crippen LogP contribution in [-0.4, -0.2) is 31.7 Å². The number of carbonyl (C=O) groups excluding carboxylic acids is 2. The van der Waals surface area contributed by atoms with Gasteiger partial charge in [0.1, 0.15) is 11.5 Å². The quantitative estimate of drug-likeness (QED) is 0.653. The number of benzene rings is 2. The molecule has 0 radical (unpaired) electrons. The minimum atomic E-state index is -2.92. The topological polar surface area (TPSA) is 73.9 Å². The fourth-order valence-electron chi connectivity index (χ4n) is 2.20. The van der Waals surface area contributed by atoms with Crippen LogP contribution in [0, 0.1) is 0 Å². The van der Waals surface area contributed by atoms with E-state index >= 15 is 0 Å². The molecule has 28 heavy (non-hydrogen) atoms. The molecule has 0 fully saturated rings. The van der Waals surface area contributed by atoms with Crippen LogP contribution in [0.4, 0.5) is 14.5 Å². The second-order valence-corrected chi connectivity index (χ2v) is 6.12. The SMILES string of the molecule is CC(C)c1ccc(OCC(=O)OCC(=O)Nc2ccc(OC(F)F)cc2)cc1. The molecule has 150 valence electrons. The van der Waals surface area contributed by atoms with Gasteiger partial charge in [-0.1, -0.05) is 26.0 Å². The summed E-state index contributed by atoms with van der Waals surface area (Å²) in [6.45, 7) is 0.404. The minimum absolute atomic E-state index is 0.0296. The van der Waals surface area contributed by atoms with Crippen LogP contribution in [0.2, 0.25) is 0 Å². The van der Waals surface area contributed by atoms with Crippen LogP contribution in [-0.2, 0) is 14.3 Å². The van der Waals surface area contributed by atoms with Crippen molar-refractivity contribution in [3.05, 3.63) is 54.1 Å². The molecule has 2 aromatic carbocycles. The summed E-state index contributed by atoms with van der Waals surface area (Å²) in [5.41, 5.74) is 1.50. The fraction of sp³-hybridized carbons (Fsp3) is 0.300. The van der Waals surface area contributed by atoms with E-state index < -0.39 is 25.1 Å². The first kappa shape index (κ1) is 21.1. The van der Waals surface area contributed by atoms with E-state index in [9.17, 15) is 18.4 Å². The van der Waals surface area contributed by atoms with E-state index in [1.807, 2.05) is 12.1 Å². The van der Waals surface area contributed by atoms with Crippen LogP contribution >= 0.6 is 0 Å². The van der Waals surface area contributed by atoms with Crippen LogP contribution in [0.15, 0.2) is 48.5 Å². The first-order valence-electron chi connectivity index (χ1n) is 8.56. The van der Waals surface area contributed by atoms with Gasteiger partial charge in [0, 0.05) is 5.69 Å². The van der Waals surface area contributed by atoms with E-state index in [1.54, 1.807) is 12.1 Å². The van der Waals surface area contributed by atoms with Crippen molar-refractivity contribution in [2.45, 2.75) is 26.4 Å². The van der Waals surface area contributed by atoms with Gasteiger partial charge in [-0.3, -0.25) is 4.79 Å². The number of alkyl halides is 2. The third-order valence-corrected chi connectivity index (χ3v) is 3.63. The van der Waals surface area contributed by atoms with Crippen LogP contribution in [0.25, 0.3) is 0 Å². The van der Waals surface area contributed by atoms with Crippen molar-refractivity contribution in [1.82, 2.24) is 0 Å². The van der Waals surface area contributed by atoms with E-state index in [1.165, 1.54) is 24.3 Å². The van der Waals surface area contributed by atoms with Gasteiger partial charge >= 0.3 is 12.6 Å². The second kappa shape index (κ2) is 10.2. The molecule has 0 atom stereocenters. The number of ether oxygens (including phenoxy) is 3. The number of nitrogens with one attached hydrogen (secondary N) is 1. The molecule has 2 aromatic rings. The Bertz CT molecular complexity index is 776. The second-order valence-electron chi connectivity index (χ2n) is 6.12. The summed E-state index contributed by atoms with van der Waals surface area (Å²) in [6, 6.07) is 12.7. The van der Waals surface area contributed by atoms with Crippen molar-refractivity contribution in [2.24, 2.45) is 0 Å². The number of hydrogen-bond donors (Lipinski definition) is 1. The number of halogens is 2. The maximum absolute atomic E-state index is 12.1. The van der Waals surface area contributed by atoms with Crippen molar-refractivity contribution in [3.8, 4) is 11.5 Å². The molecule has 0 bridgehead atoms. The van der Waals surface area contributed by atoms with E-state index in [-0.39, 0.29) is 12.4 Å². The molecular formula is C20H21F2NO5. The summed E-state index contributed by atoms with van der Waals surface area (Å²) in [7, 11) is 0. The van der Waals surface area contributed by atoms with Gasteiger partial charge in [0.05, 0.1) is 0 Å². The Hall–Kier alpha value is -3.16. The largest absolute Gasteiger partial charge is 0.482 e. The highest BCUT2D eigenvalue weighted by Crippen LogP contribution is 2.19. The summed E-state index contributed by atoms with van der Waals surface area (Å²) < 4.78 is 38.5. The zero-order valence-corrected chi connectivity index (χ0v) is 15.5. The Labute approximate surface area is 161 Å². The molecule has 1 amide bonds. The molecule has 0 saturated heterocycles. The standard InChI is InChI=1S/C20H21F2NO5/c1-13(2)14-3-7-16(8-4-14)26-12-19(25)27-11-18(24)23-15-5-9-17(10-6-15)28-20(21)22/h3-10,13,20H,11-12H2,1-2H3,(H,23,24). The lowest BCUT2D eigenvalue weighted by molar-refractivity contribution is -0.149. The van der Waals surface area contributed by atoms with Crippen molar-refractivity contribution < 1.29 is 32.6 Å². The predicted octanol–water partition coefficient (Wildman–Crippen LogP) is 3.97. The minimum Gasteiger partial charge on any atom is -0.482 e. The predicted molar refractivity (Wildman–Crippen MR) is 98.7 cm³/mol. The summed E-state index contributed by atoms with van der Waals surface area (Å²) in [4.78, 5) is 23.5. The van der Waals surface area contributed by atoms with Crippen molar-refractivity contribution >= 4 is 17.6 Å². The Morgan fingerprint density at radius 1 is 0.929 bits per heavy atom. The van der Waals surface area contributed by atoms with Gasteiger partial charge in [0.25, 0.3) is 5.91 Å². The molecule has 2 rings (SSSR count). The van der Waals surface area contributed by atoms with Gasteiger partial charge in [-0.15, -0.1) is 0 Å². The molecule has 0 aromatic heterocycles. The normalized spacial score (nSPS) is 10.6. The van der Waals surface area contributed by atoms with Gasteiger partial charge in [-0.25, -0.2) is 4.79 Å². The van der Waals surface area contributed by atoms with Crippen LogP contribution in [0.1, 0.15) is 25.3 Å². The van der Waals surface area contributed by atoms with Crippen molar-refractivity contribution in [3.63, 3.8) is 0 Å². The number of anilines is 1. The third kappa shape index (κ3) is 7.22. The molecular weight excluding hydrogens is 372 g/mol. The molecule has 0 spiro atoms. The third-order valence-electron chi connectivity index (χ3n) is 3.63. The molecule has 8 heteroatoms. The zero-order chi connectivity index (χ0) is 20.5. The zero-order valence-electron chi connectivity index (χ0n) is 15.5. The van der Waals surface area contributed by atoms with E-state index in [0.717, 1.165) is 5.56 Å². The first-order chi connectivity index (χ1) is 13.3. The highest BCUT2D eigenvalue weighted by atomic mass is 19.3. The van der Waals surface area contributed by atoms with Crippen molar-refractivity contribution in [1.29, 1.82) is 0 Å². The average Bonchev–Trinajstić information content (AvgIpc) is 2.66. The summed E-state index contributed by atoms with van der Waals surface area (Å²) in [6.07, 6.45) is 0. The van der Waals surface area contributed by atoms with Gasteiger partial charge in [0.2, 0.25) is 0 Å². The van der Waals surface area contributed by atoms with Gasteiger partial charge in [-0.05, 0) is 47.9 Å². The average molecular weight is 393 g/mol. The summed E-state index contributed by atoms with van der Waals surface area (Å²) in [5, 5.41) is 2.47. The molecule has 0 heterocycles. The van der Waals surface area contributed by atoms with E-state index in [4.69, 9.17) is 9.47 Å². The highest BCUT2D eigenvalue weighted by molar-refractivity contribution is 5.92. The number of hydrogen-bond acceptors (Lipinski definition) is 5. The molecule has 1 N–H and O–H groups in total. The monoisotopic (exact) mass is 393 g/mol. The Kier molecular flexibility index (Phi) is 7.74. The van der Waals surface area contributed by atoms with Crippen LogP contribution in [0.3, 0.4) is 0 Å². The Balaban J connectivity index is 1.71. The number of rotatable bonds is 9. The maximum atomic E-state index is 12.1. The van der Waals surface area contributed by atoms with Gasteiger partial charge < -0.3 is 19.5 Å². The first-order valence-corrected chi connectivity index (χ1v) is 8.56. The van der Waals surface area contributed by atoms with Crippen LogP contribution in [0.5, 0.6) is 11.5 Å². The Morgan fingerprint density at radius 3 is 2.11 bits per heavy atom. The van der Waals surface area contributed by atoms with E-state index in [0.29, 0.717) is 17.4 Å². The molecule has 0 aliphatic heterocycles. The van der Waals surface area contributed by atoms with E-state index in [2.05, 4.69) is 23.9 Å². The summed E-state index contributed by atoms with van der Waals surface area (Å²) in [5.74, 6) is -0.374. The van der Waals surface area contributed by atoms with Gasteiger partial charge in [0.15, 0.2) is 13.2 Å². The molecule has 0 aliphatic rings. The Morgan fingerprint density at radius 2 is 1.54 bits per heavy atom. The number of amides is 1. The lowest BCUT2D eigenvalue weighted by Gasteiger charge is -2.10. The molecule has 6 nitrogen and oxygen atoms in total. The van der Waals surface area contributed by atoms with Crippen LogP contribution < -0.4 is 14.8 Å². The lowest BCUT2D eigenvalue weighted by atomic mass is 10.0. The molecule has 0 saturated carbocycles. The van der Waals surface area contributed by atoms with Gasteiger partial charge in [-0.2, -0.15) is 8.78 Å². The smallest absolute Gasteiger partial charge is 0.387 e. The lowest BCUT2D eigenvalue weighted by Crippen LogP contribution is -2.23. The number of carbonyl (C=O) groups is 2. The summed E-state index contributed by atoms with van der Waals surface area (Å²) >= 11 is 0. The molecule has 0 unspecified atom stereocenters. The maximum Gasteiger partial charge on any atom is 0.387 e. The number of esters is 1. The fourth-order valence-corrected chi connectivity index (χ4v) is 2.20. The highest BCUT2D eigenvalue weighted by Gasteiger charge is 2.10. The van der Waals surface area contributed by atoms with Crippen molar-refractivity contribution in [2.75, 3.05) is 18.5 Å². The molecule has 0 aliphatic carbocycles.